The van der Waals surface area contributed by atoms with Gasteiger partial charge < -0.3 is 15.6 Å². The van der Waals surface area contributed by atoms with E-state index in [9.17, 15) is 0 Å². The molecule has 2 aliphatic carbocycles. The largest absolute Gasteiger partial charge is 0.365 e. The van der Waals surface area contributed by atoms with Gasteiger partial charge in [0.2, 0.25) is 5.95 Å². The first-order valence-corrected chi connectivity index (χ1v) is 8.65. The fraction of sp³-hybridized carbons (Fsp3) is 0.389. The minimum atomic E-state index is 0.523. The van der Waals surface area contributed by atoms with Crippen molar-refractivity contribution >= 4 is 28.6 Å². The molecule has 6 heteroatoms. The summed E-state index contributed by atoms with van der Waals surface area (Å²) < 4.78 is 0. The molecule has 0 saturated heterocycles. The number of hydrogen-bond donors (Lipinski definition) is 3. The monoisotopic (exact) mass is 320 g/mol. The molecule has 0 unspecified atom stereocenters. The van der Waals surface area contributed by atoms with E-state index in [1.807, 2.05) is 30.3 Å². The van der Waals surface area contributed by atoms with Gasteiger partial charge in [-0.05, 0) is 43.2 Å². The topological polar surface area (TPSA) is 78.5 Å². The van der Waals surface area contributed by atoms with Crippen LogP contribution >= 0.6 is 0 Å². The third-order valence-corrected chi connectivity index (χ3v) is 5.38. The Morgan fingerprint density at radius 2 is 1.96 bits per heavy atom. The Labute approximate surface area is 140 Å². The quantitative estimate of drug-likeness (QED) is 0.683. The van der Waals surface area contributed by atoms with E-state index in [1.165, 1.54) is 25.7 Å². The molecule has 2 bridgehead atoms. The van der Waals surface area contributed by atoms with Crippen LogP contribution in [0.2, 0.25) is 0 Å². The number of aromatic nitrogens is 4. The fourth-order valence-electron chi connectivity index (χ4n) is 4.24. The van der Waals surface area contributed by atoms with Crippen LogP contribution in [-0.4, -0.2) is 26.0 Å². The van der Waals surface area contributed by atoms with Crippen LogP contribution in [0.3, 0.4) is 0 Å². The fourth-order valence-corrected chi connectivity index (χ4v) is 4.24. The van der Waals surface area contributed by atoms with Crippen LogP contribution in [0.25, 0.3) is 11.2 Å². The molecule has 2 fully saturated rings. The lowest BCUT2D eigenvalue weighted by atomic mass is 9.95. The number of fused-ring (bicyclic) bond motifs is 3. The molecule has 0 amide bonds. The lowest BCUT2D eigenvalue weighted by Gasteiger charge is -2.23. The first kappa shape index (κ1) is 13.8. The average Bonchev–Trinajstić information content (AvgIpc) is 3.32. The first-order chi connectivity index (χ1) is 11.8. The van der Waals surface area contributed by atoms with E-state index in [4.69, 9.17) is 4.98 Å². The zero-order valence-electron chi connectivity index (χ0n) is 13.4. The second-order valence-corrected chi connectivity index (χ2v) is 6.91. The molecule has 3 N–H and O–H groups in total. The summed E-state index contributed by atoms with van der Waals surface area (Å²) in [4.78, 5) is 16.7. The van der Waals surface area contributed by atoms with Gasteiger partial charge in [-0.3, -0.25) is 0 Å². The Hall–Kier alpha value is -2.63. The van der Waals surface area contributed by atoms with Crippen molar-refractivity contribution < 1.29 is 0 Å². The number of nitrogens with zero attached hydrogens (tertiary/aromatic N) is 3. The second kappa shape index (κ2) is 5.47. The normalized spacial score (nSPS) is 25.2. The van der Waals surface area contributed by atoms with Gasteiger partial charge in [0.15, 0.2) is 11.5 Å². The van der Waals surface area contributed by atoms with E-state index in [-0.39, 0.29) is 0 Å². The molecule has 0 radical (unpaired) electrons. The number of imidazole rings is 1. The van der Waals surface area contributed by atoms with Crippen LogP contribution < -0.4 is 10.6 Å². The highest BCUT2D eigenvalue weighted by molar-refractivity contribution is 5.84. The highest BCUT2D eigenvalue weighted by atomic mass is 15.2. The number of hydrogen-bond acceptors (Lipinski definition) is 5. The second-order valence-electron chi connectivity index (χ2n) is 6.91. The average molecular weight is 320 g/mol. The van der Waals surface area contributed by atoms with Crippen molar-refractivity contribution in [2.75, 3.05) is 10.6 Å². The molecule has 5 rings (SSSR count). The van der Waals surface area contributed by atoms with E-state index in [1.54, 1.807) is 6.33 Å². The number of benzene rings is 1. The summed E-state index contributed by atoms with van der Waals surface area (Å²) >= 11 is 0. The minimum Gasteiger partial charge on any atom is -0.365 e. The van der Waals surface area contributed by atoms with Gasteiger partial charge in [-0.15, -0.1) is 0 Å². The van der Waals surface area contributed by atoms with Crippen LogP contribution in [-0.2, 0) is 0 Å². The minimum absolute atomic E-state index is 0.523. The molecule has 122 valence electrons. The van der Waals surface area contributed by atoms with Gasteiger partial charge in [-0.1, -0.05) is 24.6 Å². The Morgan fingerprint density at radius 1 is 1.04 bits per heavy atom. The molecule has 3 atom stereocenters. The molecule has 2 aliphatic rings. The lowest BCUT2D eigenvalue weighted by molar-refractivity contribution is 0.439. The van der Waals surface area contributed by atoms with Crippen LogP contribution in [0, 0.1) is 11.8 Å². The number of rotatable bonds is 4. The maximum Gasteiger partial charge on any atom is 0.231 e. The molecule has 2 aromatic heterocycles. The van der Waals surface area contributed by atoms with Crippen molar-refractivity contribution in [3.05, 3.63) is 36.7 Å². The standard InChI is InChI=1S/C18H20N6/c1-2-4-13(5-3-1)21-18-23-16-15(19-10-20-16)17(24-18)22-14-9-11-6-7-12(14)8-11/h1-5,10-12,14H,6-9H2,(H3,19,20,21,22,23,24)/t11-,12-,14+/m0/s1. The summed E-state index contributed by atoms with van der Waals surface area (Å²) in [5, 5.41) is 6.93. The molecular formula is C18H20N6. The van der Waals surface area contributed by atoms with Crippen LogP contribution in [0.1, 0.15) is 25.7 Å². The van der Waals surface area contributed by atoms with Gasteiger partial charge in [0.05, 0.1) is 6.33 Å². The molecule has 24 heavy (non-hydrogen) atoms. The third-order valence-electron chi connectivity index (χ3n) is 5.38. The highest BCUT2D eigenvalue weighted by Crippen LogP contribution is 2.45. The van der Waals surface area contributed by atoms with Crippen LogP contribution in [0.5, 0.6) is 0 Å². The number of anilines is 3. The Kier molecular flexibility index (Phi) is 3.14. The van der Waals surface area contributed by atoms with Gasteiger partial charge in [0.1, 0.15) is 5.52 Å². The molecule has 2 heterocycles. The van der Waals surface area contributed by atoms with Crippen molar-refractivity contribution in [1.82, 2.24) is 19.9 Å². The number of aromatic amines is 1. The molecule has 3 aromatic rings. The van der Waals surface area contributed by atoms with E-state index < -0.39 is 0 Å². The SMILES string of the molecule is c1ccc(Nc2nc(N[C@@H]3C[C@H]4CC[C@H]3C4)c3[nH]cnc3n2)cc1. The lowest BCUT2D eigenvalue weighted by Crippen LogP contribution is -2.26. The van der Waals surface area contributed by atoms with Gasteiger partial charge in [-0.2, -0.15) is 9.97 Å². The number of H-pyrrole nitrogens is 1. The van der Waals surface area contributed by atoms with Gasteiger partial charge in [-0.25, -0.2) is 4.98 Å². The van der Waals surface area contributed by atoms with E-state index in [0.717, 1.165) is 28.9 Å². The van der Waals surface area contributed by atoms with Crippen molar-refractivity contribution in [2.45, 2.75) is 31.7 Å². The number of nitrogens with one attached hydrogen (secondary N) is 3. The first-order valence-electron chi connectivity index (χ1n) is 8.65. The predicted molar refractivity (Wildman–Crippen MR) is 94.3 cm³/mol. The summed E-state index contributed by atoms with van der Waals surface area (Å²) in [5.41, 5.74) is 2.55. The maximum absolute atomic E-state index is 4.71. The molecule has 2 saturated carbocycles. The zero-order valence-corrected chi connectivity index (χ0v) is 13.4. The van der Waals surface area contributed by atoms with Crippen molar-refractivity contribution in [3.8, 4) is 0 Å². The van der Waals surface area contributed by atoms with Crippen LogP contribution in [0.15, 0.2) is 36.7 Å². The summed E-state index contributed by atoms with van der Waals surface area (Å²) in [7, 11) is 0. The molecule has 1 aromatic carbocycles. The molecule has 0 aliphatic heterocycles. The Bertz CT molecular complexity index is 858. The van der Waals surface area contributed by atoms with Crippen LogP contribution in [0.4, 0.5) is 17.5 Å². The summed E-state index contributed by atoms with van der Waals surface area (Å²) in [6, 6.07) is 10.5. The molecule has 0 spiro atoms. The highest BCUT2D eigenvalue weighted by Gasteiger charge is 2.39. The number of para-hydroxylation sites is 1. The molecular weight excluding hydrogens is 300 g/mol. The van der Waals surface area contributed by atoms with Gasteiger partial charge in [0, 0.05) is 11.7 Å². The summed E-state index contributed by atoms with van der Waals surface area (Å²) in [6.07, 6.45) is 7.04. The van der Waals surface area contributed by atoms with Crippen molar-refractivity contribution in [2.24, 2.45) is 11.8 Å². The maximum atomic E-state index is 4.71. The van der Waals surface area contributed by atoms with Gasteiger partial charge in [0.25, 0.3) is 0 Å². The summed E-state index contributed by atoms with van der Waals surface area (Å²) in [5.74, 6) is 3.11. The van der Waals surface area contributed by atoms with E-state index >= 15 is 0 Å². The summed E-state index contributed by atoms with van der Waals surface area (Å²) in [6.45, 7) is 0. The smallest absolute Gasteiger partial charge is 0.231 e. The third kappa shape index (κ3) is 2.38. The van der Waals surface area contributed by atoms with Crippen molar-refractivity contribution in [3.63, 3.8) is 0 Å². The van der Waals surface area contributed by atoms with E-state index in [2.05, 4.69) is 25.6 Å². The van der Waals surface area contributed by atoms with Crippen molar-refractivity contribution in [1.29, 1.82) is 0 Å². The predicted octanol–water partition coefficient (Wildman–Crippen LogP) is 3.70. The Morgan fingerprint density at radius 3 is 2.75 bits per heavy atom. The van der Waals surface area contributed by atoms with E-state index in [0.29, 0.717) is 17.6 Å². The molecule has 6 nitrogen and oxygen atoms in total. The Balaban J connectivity index is 1.47. The zero-order chi connectivity index (χ0) is 15.9. The van der Waals surface area contributed by atoms with Gasteiger partial charge >= 0.3 is 0 Å².